The van der Waals surface area contributed by atoms with Gasteiger partial charge in [-0.25, -0.2) is 0 Å². The Labute approximate surface area is 166 Å². The maximum atomic E-state index is 11.7. The second-order valence-electron chi connectivity index (χ2n) is 6.78. The number of halogens is 1. The van der Waals surface area contributed by atoms with Gasteiger partial charge in [-0.15, -0.1) is 11.3 Å². The third kappa shape index (κ3) is 3.00. The van der Waals surface area contributed by atoms with E-state index in [0.29, 0.717) is 5.02 Å². The molecule has 2 aromatic rings. The minimum Gasteiger partial charge on any atom is -0.370 e. The van der Waals surface area contributed by atoms with Crippen LogP contribution in [-0.4, -0.2) is 29.7 Å². The van der Waals surface area contributed by atoms with Crippen LogP contribution in [0.4, 0.5) is 5.00 Å². The van der Waals surface area contributed by atoms with Gasteiger partial charge in [-0.05, 0) is 38.5 Å². The Hall–Kier alpha value is -2.38. The van der Waals surface area contributed by atoms with E-state index in [2.05, 4.69) is 29.3 Å². The predicted molar refractivity (Wildman–Crippen MR) is 111 cm³/mol. The molecular weight excluding hydrogens is 382 g/mol. The lowest BCUT2D eigenvalue weighted by Crippen LogP contribution is -2.42. The van der Waals surface area contributed by atoms with Gasteiger partial charge in [0.05, 0.1) is 12.1 Å². The summed E-state index contributed by atoms with van der Waals surface area (Å²) in [6.45, 7) is 6.26. The minimum absolute atomic E-state index is 0.0219. The lowest BCUT2D eigenvalue weighted by atomic mass is 9.99. The third-order valence-electron chi connectivity index (χ3n) is 4.92. The van der Waals surface area contributed by atoms with Gasteiger partial charge in [0.25, 0.3) is 0 Å². The Morgan fingerprint density at radius 3 is 2.70 bits per heavy atom. The maximum Gasteiger partial charge on any atom is 0.220 e. The molecular formula is C19H20ClN5OS. The SMILES string of the molecule is Cc1sc2c(c1C)C(c1ccc(Cl)cc1)=N[C@@H](CC(N)=O)C1=NNC(C)N12. The number of rotatable bonds is 3. The van der Waals surface area contributed by atoms with Gasteiger partial charge >= 0.3 is 0 Å². The van der Waals surface area contributed by atoms with Crippen LogP contribution in [0.2, 0.25) is 5.02 Å². The molecule has 2 aliphatic rings. The topological polar surface area (TPSA) is 83.1 Å². The number of amidine groups is 1. The summed E-state index contributed by atoms with van der Waals surface area (Å²) in [6.07, 6.45) is 0.0831. The van der Waals surface area contributed by atoms with E-state index in [1.54, 1.807) is 11.3 Å². The number of thiophene rings is 1. The van der Waals surface area contributed by atoms with Crippen LogP contribution < -0.4 is 16.1 Å². The zero-order valence-corrected chi connectivity index (χ0v) is 16.9. The van der Waals surface area contributed by atoms with E-state index in [1.807, 2.05) is 31.2 Å². The smallest absolute Gasteiger partial charge is 0.220 e. The van der Waals surface area contributed by atoms with Crippen LogP contribution in [0.5, 0.6) is 0 Å². The molecule has 27 heavy (non-hydrogen) atoms. The summed E-state index contributed by atoms with van der Waals surface area (Å²) in [5.41, 5.74) is 12.7. The highest BCUT2D eigenvalue weighted by atomic mass is 35.5. The number of carbonyl (C=O) groups excluding carboxylic acids is 1. The first kappa shape index (κ1) is 18.0. The summed E-state index contributed by atoms with van der Waals surface area (Å²) in [4.78, 5) is 20.1. The third-order valence-corrected chi connectivity index (χ3v) is 6.38. The monoisotopic (exact) mass is 401 g/mol. The summed E-state index contributed by atoms with van der Waals surface area (Å²) in [5, 5.41) is 6.23. The normalized spacial score (nSPS) is 21.0. The van der Waals surface area contributed by atoms with E-state index < -0.39 is 11.9 Å². The van der Waals surface area contributed by atoms with Crippen molar-refractivity contribution in [3.63, 3.8) is 0 Å². The molecule has 0 fully saturated rings. The molecule has 3 N–H and O–H groups in total. The molecule has 3 heterocycles. The number of carbonyl (C=O) groups is 1. The molecule has 0 saturated heterocycles. The quantitative estimate of drug-likeness (QED) is 0.828. The number of nitrogens with one attached hydrogen (secondary N) is 1. The number of nitrogens with zero attached hydrogens (tertiary/aromatic N) is 3. The molecule has 4 rings (SSSR count). The average Bonchev–Trinajstić information content (AvgIpc) is 3.08. The van der Waals surface area contributed by atoms with E-state index in [1.165, 1.54) is 10.4 Å². The summed E-state index contributed by atoms with van der Waals surface area (Å²) in [7, 11) is 0. The highest BCUT2D eigenvalue weighted by Gasteiger charge is 2.39. The van der Waals surface area contributed by atoms with E-state index in [0.717, 1.165) is 27.7 Å². The van der Waals surface area contributed by atoms with Crippen molar-refractivity contribution < 1.29 is 4.79 Å². The fourth-order valence-corrected chi connectivity index (χ4v) is 4.85. The van der Waals surface area contributed by atoms with Crippen LogP contribution in [0.1, 0.15) is 34.9 Å². The van der Waals surface area contributed by atoms with E-state index in [4.69, 9.17) is 22.3 Å². The molecule has 1 unspecified atom stereocenters. The van der Waals surface area contributed by atoms with Crippen molar-refractivity contribution in [1.29, 1.82) is 0 Å². The van der Waals surface area contributed by atoms with Crippen LogP contribution in [0.25, 0.3) is 0 Å². The van der Waals surface area contributed by atoms with Crippen LogP contribution >= 0.6 is 22.9 Å². The summed E-state index contributed by atoms with van der Waals surface area (Å²) in [5.74, 6) is 0.326. The van der Waals surface area contributed by atoms with Crippen molar-refractivity contribution >= 4 is 45.4 Å². The first-order valence-corrected chi connectivity index (χ1v) is 9.91. The number of primary amides is 1. The Balaban J connectivity index is 1.98. The molecule has 0 saturated carbocycles. The fraction of sp³-hybridized carbons (Fsp3) is 0.316. The average molecular weight is 402 g/mol. The number of amides is 1. The zero-order chi connectivity index (χ0) is 19.3. The zero-order valence-electron chi connectivity index (χ0n) is 15.3. The molecule has 1 aromatic carbocycles. The van der Waals surface area contributed by atoms with Gasteiger partial charge < -0.3 is 5.73 Å². The summed E-state index contributed by atoms with van der Waals surface area (Å²) in [6, 6.07) is 7.18. The van der Waals surface area contributed by atoms with Crippen LogP contribution in [0.3, 0.4) is 0 Å². The van der Waals surface area contributed by atoms with Gasteiger partial charge in [-0.2, -0.15) is 5.10 Å². The van der Waals surface area contributed by atoms with Crippen LogP contribution in [-0.2, 0) is 4.79 Å². The molecule has 2 aliphatic heterocycles. The van der Waals surface area contributed by atoms with Gasteiger partial charge in [0.1, 0.15) is 17.2 Å². The van der Waals surface area contributed by atoms with Gasteiger partial charge in [-0.1, -0.05) is 23.7 Å². The van der Waals surface area contributed by atoms with Gasteiger partial charge in [0.15, 0.2) is 5.84 Å². The van der Waals surface area contributed by atoms with Gasteiger partial charge in [-0.3, -0.25) is 20.1 Å². The molecule has 140 valence electrons. The van der Waals surface area contributed by atoms with Crippen LogP contribution in [0.15, 0.2) is 34.4 Å². The van der Waals surface area contributed by atoms with Crippen molar-refractivity contribution in [2.24, 2.45) is 15.8 Å². The maximum absolute atomic E-state index is 11.7. The first-order chi connectivity index (χ1) is 12.9. The molecule has 1 aromatic heterocycles. The number of aliphatic imine (C=N–C) groups is 1. The predicted octanol–water partition coefficient (Wildman–Crippen LogP) is 3.18. The minimum atomic E-state index is -0.440. The van der Waals surface area contributed by atoms with Crippen molar-refractivity contribution in [2.75, 3.05) is 4.90 Å². The molecule has 8 heteroatoms. The van der Waals surface area contributed by atoms with Crippen molar-refractivity contribution in [3.8, 4) is 0 Å². The Morgan fingerprint density at radius 2 is 2.04 bits per heavy atom. The van der Waals surface area contributed by atoms with Crippen LogP contribution in [0, 0.1) is 13.8 Å². The Bertz CT molecular complexity index is 979. The second kappa shape index (κ2) is 6.65. The largest absolute Gasteiger partial charge is 0.370 e. The number of hydrogen-bond acceptors (Lipinski definition) is 6. The van der Waals surface area contributed by atoms with Crippen molar-refractivity contribution in [1.82, 2.24) is 5.43 Å². The van der Waals surface area contributed by atoms with Gasteiger partial charge in [0.2, 0.25) is 5.91 Å². The number of anilines is 1. The highest BCUT2D eigenvalue weighted by molar-refractivity contribution is 7.17. The summed E-state index contributed by atoms with van der Waals surface area (Å²) < 4.78 is 0. The Morgan fingerprint density at radius 1 is 1.33 bits per heavy atom. The molecule has 0 bridgehead atoms. The van der Waals surface area contributed by atoms with E-state index >= 15 is 0 Å². The number of aryl methyl sites for hydroxylation is 1. The van der Waals surface area contributed by atoms with Gasteiger partial charge in [0, 0.05) is 21.0 Å². The number of hydrogen-bond donors (Lipinski definition) is 2. The number of nitrogens with two attached hydrogens (primary N) is 1. The lowest BCUT2D eigenvalue weighted by molar-refractivity contribution is -0.118. The molecule has 2 atom stereocenters. The number of fused-ring (bicyclic) bond motifs is 3. The van der Waals surface area contributed by atoms with Crippen molar-refractivity contribution in [3.05, 3.63) is 50.9 Å². The van der Waals surface area contributed by atoms with E-state index in [9.17, 15) is 4.79 Å². The molecule has 0 spiro atoms. The molecule has 0 radical (unpaired) electrons. The van der Waals surface area contributed by atoms with Crippen molar-refractivity contribution in [2.45, 2.75) is 39.4 Å². The molecule has 1 amide bonds. The fourth-order valence-electron chi connectivity index (χ4n) is 3.47. The molecule has 0 aliphatic carbocycles. The first-order valence-electron chi connectivity index (χ1n) is 8.71. The Kier molecular flexibility index (Phi) is 4.44. The number of benzene rings is 1. The highest BCUT2D eigenvalue weighted by Crippen LogP contribution is 2.41. The molecule has 6 nitrogen and oxygen atoms in total. The summed E-state index contributed by atoms with van der Waals surface area (Å²) >= 11 is 7.79. The van der Waals surface area contributed by atoms with E-state index in [-0.39, 0.29) is 12.6 Å². The number of hydrazone groups is 1. The second-order valence-corrected chi connectivity index (χ2v) is 8.42. The standard InChI is InChI=1S/C19H20ClN5OS/c1-9-10(2)27-19-16(9)17(12-4-6-13(20)7-5-12)22-14(8-15(21)26)18-24-23-11(3)25(18)19/h4-7,11,14,23H,8H2,1-3H3,(H2,21,26)/t11?,14-/m0/s1. The lowest BCUT2D eigenvalue weighted by Gasteiger charge is -2.24.